The number of nitrogens with zero attached hydrogens (tertiary/aromatic N) is 1. The van der Waals surface area contributed by atoms with Gasteiger partial charge in [-0.15, -0.1) is 0 Å². The highest BCUT2D eigenvalue weighted by Gasteiger charge is 2.34. The number of piperidine rings is 1. The number of nitrogens with two attached hydrogens (primary N) is 1. The Kier molecular flexibility index (Phi) is 2.68. The lowest BCUT2D eigenvalue weighted by atomic mass is 9.91. The summed E-state index contributed by atoms with van der Waals surface area (Å²) in [6, 6.07) is 7.37. The minimum absolute atomic E-state index is 0.701. The highest BCUT2D eigenvalue weighted by Crippen LogP contribution is 2.39. The van der Waals surface area contributed by atoms with Crippen LogP contribution in [0.15, 0.2) is 22.7 Å². The van der Waals surface area contributed by atoms with Crippen molar-refractivity contribution in [1.82, 2.24) is 0 Å². The molecule has 2 aliphatic rings. The van der Waals surface area contributed by atoms with Crippen LogP contribution in [0.1, 0.15) is 18.4 Å². The molecule has 2 heterocycles. The van der Waals surface area contributed by atoms with Crippen LogP contribution in [-0.4, -0.2) is 19.1 Å². The fourth-order valence-corrected chi connectivity index (χ4v) is 3.44. The minimum atomic E-state index is 0.701. The smallest absolute Gasteiger partial charge is 0.0413 e. The first-order chi connectivity index (χ1) is 7.78. The Morgan fingerprint density at radius 1 is 1.44 bits per heavy atom. The molecule has 0 bridgehead atoms. The molecule has 0 aliphatic carbocycles. The largest absolute Gasteiger partial charge is 0.368 e. The standard InChI is InChI=1S/C13H17BrN2/c14-11-2-1-10-6-12-5-9(8-15)3-4-16(12)13(10)7-11/h1-2,7,9,12H,3-6,8,15H2. The van der Waals surface area contributed by atoms with Crippen LogP contribution in [0, 0.1) is 5.92 Å². The molecule has 16 heavy (non-hydrogen) atoms. The van der Waals surface area contributed by atoms with Crippen LogP contribution in [0.3, 0.4) is 0 Å². The Balaban J connectivity index is 1.88. The number of hydrogen-bond acceptors (Lipinski definition) is 2. The maximum absolute atomic E-state index is 5.79. The van der Waals surface area contributed by atoms with Crippen molar-refractivity contribution in [2.45, 2.75) is 25.3 Å². The first-order valence-electron chi connectivity index (χ1n) is 6.03. The van der Waals surface area contributed by atoms with Gasteiger partial charge in [0.15, 0.2) is 0 Å². The van der Waals surface area contributed by atoms with Crippen LogP contribution >= 0.6 is 15.9 Å². The normalized spacial score (nSPS) is 27.8. The quantitative estimate of drug-likeness (QED) is 0.857. The van der Waals surface area contributed by atoms with E-state index in [1.165, 1.54) is 41.5 Å². The van der Waals surface area contributed by atoms with Crippen molar-refractivity contribution < 1.29 is 0 Å². The van der Waals surface area contributed by atoms with Gasteiger partial charge in [-0.05, 0) is 49.4 Å². The maximum Gasteiger partial charge on any atom is 0.0413 e. The second-order valence-electron chi connectivity index (χ2n) is 4.95. The van der Waals surface area contributed by atoms with Crippen LogP contribution in [0.5, 0.6) is 0 Å². The molecule has 3 rings (SSSR count). The minimum Gasteiger partial charge on any atom is -0.368 e. The maximum atomic E-state index is 5.79. The molecule has 0 saturated carbocycles. The molecule has 3 heteroatoms. The van der Waals surface area contributed by atoms with Crippen LogP contribution in [-0.2, 0) is 6.42 Å². The number of rotatable bonds is 1. The molecule has 2 N–H and O–H groups in total. The SMILES string of the molecule is NCC1CCN2c3cc(Br)ccc3CC2C1. The van der Waals surface area contributed by atoms with Crippen LogP contribution in [0.2, 0.25) is 0 Å². The van der Waals surface area contributed by atoms with E-state index in [1.807, 2.05) is 0 Å². The van der Waals surface area contributed by atoms with Gasteiger partial charge in [-0.3, -0.25) is 0 Å². The Labute approximate surface area is 105 Å². The molecule has 0 aromatic heterocycles. The predicted octanol–water partition coefficient (Wildman–Crippen LogP) is 2.55. The zero-order chi connectivity index (χ0) is 11.1. The van der Waals surface area contributed by atoms with Gasteiger partial charge in [0.05, 0.1) is 0 Å². The Hall–Kier alpha value is -0.540. The van der Waals surface area contributed by atoms with Crippen molar-refractivity contribution in [3.8, 4) is 0 Å². The van der Waals surface area contributed by atoms with Gasteiger partial charge in [0.25, 0.3) is 0 Å². The summed E-state index contributed by atoms with van der Waals surface area (Å²) >= 11 is 3.56. The summed E-state index contributed by atoms with van der Waals surface area (Å²) in [4.78, 5) is 2.58. The van der Waals surface area contributed by atoms with Crippen LogP contribution < -0.4 is 10.6 Å². The zero-order valence-electron chi connectivity index (χ0n) is 9.32. The number of fused-ring (bicyclic) bond motifs is 3. The average molecular weight is 281 g/mol. The number of anilines is 1. The third-order valence-electron chi connectivity index (χ3n) is 3.97. The van der Waals surface area contributed by atoms with E-state index < -0.39 is 0 Å². The van der Waals surface area contributed by atoms with E-state index in [1.54, 1.807) is 0 Å². The molecule has 2 nitrogen and oxygen atoms in total. The van der Waals surface area contributed by atoms with Gasteiger partial charge in [-0.1, -0.05) is 22.0 Å². The van der Waals surface area contributed by atoms with Gasteiger partial charge in [0.2, 0.25) is 0 Å². The van der Waals surface area contributed by atoms with Crippen LogP contribution in [0.4, 0.5) is 5.69 Å². The molecule has 1 aromatic rings. The first-order valence-corrected chi connectivity index (χ1v) is 6.82. The van der Waals surface area contributed by atoms with Crippen molar-refractivity contribution in [3.05, 3.63) is 28.2 Å². The van der Waals surface area contributed by atoms with Crippen LogP contribution in [0.25, 0.3) is 0 Å². The van der Waals surface area contributed by atoms with E-state index in [-0.39, 0.29) is 0 Å². The van der Waals surface area contributed by atoms with E-state index in [0.29, 0.717) is 6.04 Å². The predicted molar refractivity (Wildman–Crippen MR) is 70.8 cm³/mol. The second-order valence-corrected chi connectivity index (χ2v) is 5.87. The number of benzene rings is 1. The highest BCUT2D eigenvalue weighted by atomic mass is 79.9. The fraction of sp³-hybridized carbons (Fsp3) is 0.538. The van der Waals surface area contributed by atoms with E-state index in [4.69, 9.17) is 5.73 Å². The second kappa shape index (κ2) is 4.04. The monoisotopic (exact) mass is 280 g/mol. The van der Waals surface area contributed by atoms with Gasteiger partial charge < -0.3 is 10.6 Å². The zero-order valence-corrected chi connectivity index (χ0v) is 10.9. The molecule has 1 saturated heterocycles. The van der Waals surface area contributed by atoms with Crippen molar-refractivity contribution in [2.24, 2.45) is 11.7 Å². The molecule has 1 fully saturated rings. The van der Waals surface area contributed by atoms with E-state index >= 15 is 0 Å². The summed E-state index contributed by atoms with van der Waals surface area (Å²) < 4.78 is 1.19. The van der Waals surface area contributed by atoms with Crippen molar-refractivity contribution in [2.75, 3.05) is 18.0 Å². The number of halogens is 1. The summed E-state index contributed by atoms with van der Waals surface area (Å²) in [6.07, 6.45) is 3.72. The fourth-order valence-electron chi connectivity index (χ4n) is 3.09. The molecule has 86 valence electrons. The molecule has 2 unspecified atom stereocenters. The van der Waals surface area contributed by atoms with Gasteiger partial charge in [0, 0.05) is 22.7 Å². The molecule has 2 atom stereocenters. The first kappa shape index (κ1) is 10.6. The third kappa shape index (κ3) is 1.66. The molecular weight excluding hydrogens is 264 g/mol. The molecule has 2 aliphatic heterocycles. The number of hydrogen-bond donors (Lipinski definition) is 1. The molecule has 1 aromatic carbocycles. The lowest BCUT2D eigenvalue weighted by Gasteiger charge is -2.36. The lowest BCUT2D eigenvalue weighted by molar-refractivity contribution is 0.357. The Morgan fingerprint density at radius 3 is 3.12 bits per heavy atom. The topological polar surface area (TPSA) is 29.3 Å². The average Bonchev–Trinajstić information content (AvgIpc) is 2.66. The van der Waals surface area contributed by atoms with E-state index in [2.05, 4.69) is 39.0 Å². The summed E-state index contributed by atoms with van der Waals surface area (Å²) in [7, 11) is 0. The molecule has 0 amide bonds. The van der Waals surface area contributed by atoms with E-state index in [9.17, 15) is 0 Å². The van der Waals surface area contributed by atoms with Gasteiger partial charge in [-0.25, -0.2) is 0 Å². The van der Waals surface area contributed by atoms with Gasteiger partial charge in [-0.2, -0.15) is 0 Å². The molecule has 0 radical (unpaired) electrons. The van der Waals surface area contributed by atoms with Crippen molar-refractivity contribution in [3.63, 3.8) is 0 Å². The Morgan fingerprint density at radius 2 is 2.31 bits per heavy atom. The third-order valence-corrected chi connectivity index (χ3v) is 4.46. The van der Waals surface area contributed by atoms with Gasteiger partial charge in [0.1, 0.15) is 0 Å². The van der Waals surface area contributed by atoms with Crippen molar-refractivity contribution >= 4 is 21.6 Å². The van der Waals surface area contributed by atoms with Crippen molar-refractivity contribution in [1.29, 1.82) is 0 Å². The summed E-state index contributed by atoms with van der Waals surface area (Å²) in [5, 5.41) is 0. The molecular formula is C13H17BrN2. The summed E-state index contributed by atoms with van der Waals surface area (Å²) in [5.41, 5.74) is 8.73. The highest BCUT2D eigenvalue weighted by molar-refractivity contribution is 9.10. The summed E-state index contributed by atoms with van der Waals surface area (Å²) in [6.45, 7) is 2.03. The van der Waals surface area contributed by atoms with E-state index in [0.717, 1.165) is 12.5 Å². The van der Waals surface area contributed by atoms with Gasteiger partial charge >= 0.3 is 0 Å². The lowest BCUT2D eigenvalue weighted by Crippen LogP contribution is -2.41. The Bertz CT molecular complexity index is 405. The molecule has 0 spiro atoms. The summed E-state index contributed by atoms with van der Waals surface area (Å²) in [5.74, 6) is 0.735.